The first-order valence-corrected chi connectivity index (χ1v) is 7.67. The summed E-state index contributed by atoms with van der Waals surface area (Å²) in [7, 11) is 0. The van der Waals surface area contributed by atoms with Crippen LogP contribution in [-0.4, -0.2) is 5.91 Å². The third-order valence-corrected chi connectivity index (χ3v) is 4.09. The predicted octanol–water partition coefficient (Wildman–Crippen LogP) is 4.51. The van der Waals surface area contributed by atoms with Crippen LogP contribution < -0.4 is 5.32 Å². The molecule has 0 fully saturated rings. The molecule has 1 aromatic carbocycles. The zero-order valence-corrected chi connectivity index (χ0v) is 12.5. The van der Waals surface area contributed by atoms with E-state index in [-0.39, 0.29) is 11.9 Å². The summed E-state index contributed by atoms with van der Waals surface area (Å²) in [4.78, 5) is 12.3. The lowest BCUT2D eigenvalue weighted by Crippen LogP contribution is -2.28. The minimum Gasteiger partial charge on any atom is -0.472 e. The molecule has 0 aliphatic carbocycles. The molecule has 2 aromatic heterocycles. The number of rotatable bonds is 4. The van der Waals surface area contributed by atoms with Crippen LogP contribution in [0.15, 0.2) is 64.1 Å². The molecular weight excluding hydrogens is 306 g/mol. The van der Waals surface area contributed by atoms with Gasteiger partial charge in [0, 0.05) is 5.02 Å². The molecule has 21 heavy (non-hydrogen) atoms. The van der Waals surface area contributed by atoms with Gasteiger partial charge in [-0.1, -0.05) is 23.7 Å². The van der Waals surface area contributed by atoms with Gasteiger partial charge in [0.2, 0.25) is 0 Å². The molecule has 0 saturated carbocycles. The van der Waals surface area contributed by atoms with Crippen LogP contribution in [0.3, 0.4) is 0 Å². The first kappa shape index (κ1) is 13.9. The Morgan fingerprint density at radius 1 is 1.14 bits per heavy atom. The third-order valence-electron chi connectivity index (χ3n) is 3.14. The second-order valence-electron chi connectivity index (χ2n) is 4.53. The van der Waals surface area contributed by atoms with Crippen LogP contribution in [0.4, 0.5) is 0 Å². The third kappa shape index (κ3) is 3.17. The van der Waals surface area contributed by atoms with Gasteiger partial charge in [-0.15, -0.1) is 0 Å². The Morgan fingerprint density at radius 2 is 1.95 bits per heavy atom. The van der Waals surface area contributed by atoms with E-state index in [0.717, 1.165) is 11.1 Å². The summed E-state index contributed by atoms with van der Waals surface area (Å²) in [6.07, 6.45) is 2.92. The quantitative estimate of drug-likeness (QED) is 0.769. The normalized spacial score (nSPS) is 12.0. The van der Waals surface area contributed by atoms with E-state index in [9.17, 15) is 4.79 Å². The molecule has 1 unspecified atom stereocenters. The van der Waals surface area contributed by atoms with Gasteiger partial charge in [-0.3, -0.25) is 4.79 Å². The molecule has 1 atom stereocenters. The number of thiophene rings is 1. The summed E-state index contributed by atoms with van der Waals surface area (Å²) >= 11 is 7.52. The van der Waals surface area contributed by atoms with Gasteiger partial charge in [0.05, 0.1) is 17.9 Å². The van der Waals surface area contributed by atoms with Crippen molar-refractivity contribution in [3.8, 4) is 0 Å². The molecule has 0 bridgehead atoms. The highest BCUT2D eigenvalue weighted by Gasteiger charge is 2.18. The maximum absolute atomic E-state index is 12.3. The Hall–Kier alpha value is -2.04. The van der Waals surface area contributed by atoms with Crippen molar-refractivity contribution < 1.29 is 9.21 Å². The maximum Gasteiger partial charge on any atom is 0.255 e. The number of nitrogens with one attached hydrogen (secondary N) is 1. The zero-order chi connectivity index (χ0) is 14.7. The lowest BCUT2D eigenvalue weighted by molar-refractivity contribution is 0.0942. The van der Waals surface area contributed by atoms with Gasteiger partial charge < -0.3 is 9.73 Å². The van der Waals surface area contributed by atoms with Crippen LogP contribution in [-0.2, 0) is 0 Å². The number of hydrogen-bond acceptors (Lipinski definition) is 3. The molecule has 106 valence electrons. The number of hydrogen-bond donors (Lipinski definition) is 1. The Kier molecular flexibility index (Phi) is 4.08. The number of carbonyl (C=O) groups is 1. The molecule has 0 spiro atoms. The zero-order valence-electron chi connectivity index (χ0n) is 11.0. The van der Waals surface area contributed by atoms with Crippen LogP contribution in [0.25, 0.3) is 0 Å². The van der Waals surface area contributed by atoms with Crippen molar-refractivity contribution in [2.75, 3.05) is 0 Å². The van der Waals surface area contributed by atoms with Crippen LogP contribution in [0.2, 0.25) is 5.02 Å². The first-order valence-electron chi connectivity index (χ1n) is 6.34. The van der Waals surface area contributed by atoms with Gasteiger partial charge >= 0.3 is 0 Å². The summed E-state index contributed by atoms with van der Waals surface area (Å²) in [5, 5.41) is 7.70. The average molecular weight is 318 g/mol. The second kappa shape index (κ2) is 6.16. The van der Waals surface area contributed by atoms with E-state index in [1.54, 1.807) is 17.4 Å². The van der Waals surface area contributed by atoms with Crippen LogP contribution in [0.5, 0.6) is 0 Å². The Balaban J connectivity index is 1.90. The highest BCUT2D eigenvalue weighted by molar-refractivity contribution is 7.08. The summed E-state index contributed by atoms with van der Waals surface area (Å²) in [5.41, 5.74) is 2.53. The smallest absolute Gasteiger partial charge is 0.255 e. The van der Waals surface area contributed by atoms with Crippen molar-refractivity contribution >= 4 is 28.8 Å². The topological polar surface area (TPSA) is 42.2 Å². The number of carbonyl (C=O) groups excluding carboxylic acids is 1. The number of benzene rings is 1. The molecule has 0 saturated heterocycles. The molecule has 5 heteroatoms. The number of halogens is 1. The van der Waals surface area contributed by atoms with E-state index in [1.807, 2.05) is 41.1 Å². The fourth-order valence-electron chi connectivity index (χ4n) is 2.06. The van der Waals surface area contributed by atoms with Crippen LogP contribution in [0.1, 0.15) is 27.5 Å². The summed E-state index contributed by atoms with van der Waals surface area (Å²) < 4.78 is 4.95. The lowest BCUT2D eigenvalue weighted by atomic mass is 10.0. The summed E-state index contributed by atoms with van der Waals surface area (Å²) in [6, 6.07) is 10.9. The predicted molar refractivity (Wildman–Crippen MR) is 83.8 cm³/mol. The van der Waals surface area contributed by atoms with Gasteiger partial charge in [0.25, 0.3) is 5.91 Å². The van der Waals surface area contributed by atoms with Crippen molar-refractivity contribution in [3.05, 3.63) is 81.4 Å². The van der Waals surface area contributed by atoms with Crippen LogP contribution >= 0.6 is 22.9 Å². The van der Waals surface area contributed by atoms with Crippen molar-refractivity contribution in [2.45, 2.75) is 6.04 Å². The Morgan fingerprint density at radius 3 is 2.57 bits per heavy atom. The molecule has 1 N–H and O–H groups in total. The van der Waals surface area contributed by atoms with Crippen molar-refractivity contribution in [1.29, 1.82) is 0 Å². The summed E-state index contributed by atoms with van der Waals surface area (Å²) in [6.45, 7) is 0. The van der Waals surface area contributed by atoms with Gasteiger partial charge in [-0.25, -0.2) is 0 Å². The van der Waals surface area contributed by atoms with E-state index in [4.69, 9.17) is 16.0 Å². The average Bonchev–Trinajstić information content (AvgIpc) is 3.19. The van der Waals surface area contributed by atoms with Gasteiger partial charge in [0.1, 0.15) is 6.26 Å². The van der Waals surface area contributed by atoms with Gasteiger partial charge in [0.15, 0.2) is 0 Å². The largest absolute Gasteiger partial charge is 0.472 e. The van der Waals surface area contributed by atoms with Crippen molar-refractivity contribution in [3.63, 3.8) is 0 Å². The van der Waals surface area contributed by atoms with E-state index in [2.05, 4.69) is 5.32 Å². The number of amides is 1. The molecule has 1 amide bonds. The van der Waals surface area contributed by atoms with E-state index >= 15 is 0 Å². The lowest BCUT2D eigenvalue weighted by Gasteiger charge is -2.18. The molecule has 3 aromatic rings. The van der Waals surface area contributed by atoms with E-state index in [1.165, 1.54) is 12.5 Å². The van der Waals surface area contributed by atoms with Crippen molar-refractivity contribution in [2.24, 2.45) is 0 Å². The molecule has 3 rings (SSSR count). The fourth-order valence-corrected chi connectivity index (χ4v) is 2.87. The monoisotopic (exact) mass is 317 g/mol. The van der Waals surface area contributed by atoms with Crippen LogP contribution in [0, 0.1) is 0 Å². The molecule has 3 nitrogen and oxygen atoms in total. The summed E-state index contributed by atoms with van der Waals surface area (Å²) in [5.74, 6) is -0.171. The maximum atomic E-state index is 12.3. The molecular formula is C16H12ClNO2S. The highest BCUT2D eigenvalue weighted by Crippen LogP contribution is 2.25. The first-order chi connectivity index (χ1) is 10.2. The fraction of sp³-hybridized carbons (Fsp3) is 0.0625. The minimum atomic E-state index is -0.212. The highest BCUT2D eigenvalue weighted by atomic mass is 35.5. The Bertz CT molecular complexity index is 705. The van der Waals surface area contributed by atoms with Crippen molar-refractivity contribution in [1.82, 2.24) is 5.32 Å². The standard InChI is InChI=1S/C16H12ClNO2S/c17-14-3-1-11(2-4-14)15(13-6-8-21-10-13)18-16(19)12-5-7-20-9-12/h1-10,15H,(H,18,19). The molecule has 2 heterocycles. The van der Waals surface area contributed by atoms with Gasteiger partial charge in [-0.2, -0.15) is 11.3 Å². The molecule has 0 aliphatic heterocycles. The molecule has 0 radical (unpaired) electrons. The number of furan rings is 1. The van der Waals surface area contributed by atoms with E-state index < -0.39 is 0 Å². The Labute approximate surface area is 131 Å². The van der Waals surface area contributed by atoms with E-state index in [0.29, 0.717) is 10.6 Å². The minimum absolute atomic E-state index is 0.171. The second-order valence-corrected chi connectivity index (χ2v) is 5.74. The SMILES string of the molecule is O=C(NC(c1ccc(Cl)cc1)c1ccsc1)c1ccoc1. The molecule has 0 aliphatic rings. The van der Waals surface area contributed by atoms with Gasteiger partial charge in [-0.05, 0) is 46.2 Å².